The van der Waals surface area contributed by atoms with Crippen LogP contribution in [0, 0.1) is 6.92 Å². The van der Waals surface area contributed by atoms with Crippen LogP contribution >= 0.6 is 0 Å². The summed E-state index contributed by atoms with van der Waals surface area (Å²) in [6.45, 7) is 5.44. The van der Waals surface area contributed by atoms with Gasteiger partial charge in [0.2, 0.25) is 15.9 Å². The highest BCUT2D eigenvalue weighted by molar-refractivity contribution is 7.92. The monoisotopic (exact) mass is 417 g/mol. The van der Waals surface area contributed by atoms with Gasteiger partial charge >= 0.3 is 0 Å². The number of amides is 1. The number of hydrogen-bond acceptors (Lipinski definition) is 5. The number of morpholine rings is 1. The molecular formula is C21H27N3O4S. The van der Waals surface area contributed by atoms with Gasteiger partial charge in [-0.05, 0) is 30.7 Å². The van der Waals surface area contributed by atoms with Crippen LogP contribution in [0.4, 0.5) is 11.4 Å². The lowest BCUT2D eigenvalue weighted by molar-refractivity contribution is -0.114. The van der Waals surface area contributed by atoms with Gasteiger partial charge < -0.3 is 10.1 Å². The van der Waals surface area contributed by atoms with Crippen LogP contribution in [0.5, 0.6) is 0 Å². The maximum atomic E-state index is 12.7. The predicted molar refractivity (Wildman–Crippen MR) is 115 cm³/mol. The summed E-state index contributed by atoms with van der Waals surface area (Å²) in [5.41, 5.74) is 3.17. The van der Waals surface area contributed by atoms with Gasteiger partial charge in [-0.25, -0.2) is 8.42 Å². The molecule has 7 nitrogen and oxygen atoms in total. The minimum Gasteiger partial charge on any atom is -0.379 e. The normalized spacial score (nSPS) is 15.1. The van der Waals surface area contributed by atoms with Crippen LogP contribution in [0.2, 0.25) is 0 Å². The Hall–Kier alpha value is -2.42. The summed E-state index contributed by atoms with van der Waals surface area (Å²) >= 11 is 0. The van der Waals surface area contributed by atoms with Crippen molar-refractivity contribution in [3.63, 3.8) is 0 Å². The summed E-state index contributed by atoms with van der Waals surface area (Å²) in [4.78, 5) is 15.0. The number of carbonyl (C=O) groups excluding carboxylic acids is 1. The van der Waals surface area contributed by atoms with Crippen LogP contribution in [0.3, 0.4) is 0 Å². The van der Waals surface area contributed by atoms with Crippen molar-refractivity contribution in [3.8, 4) is 0 Å². The number of sulfonamides is 1. The Kier molecular flexibility index (Phi) is 6.89. The fraction of sp³-hybridized carbons (Fsp3) is 0.381. The first kappa shape index (κ1) is 21.3. The molecule has 156 valence electrons. The lowest BCUT2D eigenvalue weighted by atomic mass is 10.1. The number of rotatable bonds is 7. The SMILES string of the molecule is Cc1ccc(N(CC(=O)Nc2ccccc2CN2CCOCC2)S(C)(=O)=O)cc1. The summed E-state index contributed by atoms with van der Waals surface area (Å²) in [5, 5.41) is 2.88. The predicted octanol–water partition coefficient (Wildman–Crippen LogP) is 2.23. The highest BCUT2D eigenvalue weighted by Gasteiger charge is 2.21. The third-order valence-electron chi connectivity index (χ3n) is 4.80. The van der Waals surface area contributed by atoms with Gasteiger partial charge in [-0.15, -0.1) is 0 Å². The second kappa shape index (κ2) is 9.39. The van der Waals surface area contributed by atoms with E-state index in [2.05, 4.69) is 10.2 Å². The minimum absolute atomic E-state index is 0.284. The number of anilines is 2. The first-order valence-corrected chi connectivity index (χ1v) is 11.4. The molecule has 0 aliphatic carbocycles. The molecule has 1 N–H and O–H groups in total. The maximum absolute atomic E-state index is 12.7. The number of hydrogen-bond donors (Lipinski definition) is 1. The van der Waals surface area contributed by atoms with Gasteiger partial charge in [0, 0.05) is 25.3 Å². The van der Waals surface area contributed by atoms with Crippen molar-refractivity contribution in [1.82, 2.24) is 4.90 Å². The fourth-order valence-electron chi connectivity index (χ4n) is 3.21. The van der Waals surface area contributed by atoms with Gasteiger partial charge in [0.25, 0.3) is 0 Å². The number of aryl methyl sites for hydroxylation is 1. The molecule has 0 unspecified atom stereocenters. The number of benzene rings is 2. The van der Waals surface area contributed by atoms with Gasteiger partial charge in [0.1, 0.15) is 6.54 Å². The minimum atomic E-state index is -3.60. The zero-order chi connectivity index (χ0) is 20.9. The van der Waals surface area contributed by atoms with Gasteiger partial charge in [-0.3, -0.25) is 14.0 Å². The molecule has 2 aromatic rings. The van der Waals surface area contributed by atoms with E-state index in [9.17, 15) is 13.2 Å². The Balaban J connectivity index is 1.72. The van der Waals surface area contributed by atoms with Crippen molar-refractivity contribution >= 4 is 27.3 Å². The van der Waals surface area contributed by atoms with Crippen LogP contribution in [0.1, 0.15) is 11.1 Å². The molecule has 1 fully saturated rings. The zero-order valence-corrected chi connectivity index (χ0v) is 17.6. The van der Waals surface area contributed by atoms with Crippen LogP contribution in [0.25, 0.3) is 0 Å². The number of ether oxygens (including phenoxy) is 1. The van der Waals surface area contributed by atoms with Gasteiger partial charge in [-0.1, -0.05) is 35.9 Å². The van der Waals surface area contributed by atoms with Crippen molar-refractivity contribution in [1.29, 1.82) is 0 Å². The molecule has 8 heteroatoms. The molecule has 0 aromatic heterocycles. The zero-order valence-electron chi connectivity index (χ0n) is 16.8. The largest absolute Gasteiger partial charge is 0.379 e. The molecule has 0 saturated carbocycles. The molecule has 29 heavy (non-hydrogen) atoms. The molecule has 0 atom stereocenters. The van der Waals surface area contributed by atoms with Crippen molar-refractivity contribution in [2.24, 2.45) is 0 Å². The molecule has 0 spiro atoms. The van der Waals surface area contributed by atoms with E-state index in [-0.39, 0.29) is 12.5 Å². The fourth-order valence-corrected chi connectivity index (χ4v) is 4.07. The second-order valence-corrected chi connectivity index (χ2v) is 9.11. The maximum Gasteiger partial charge on any atom is 0.245 e. The van der Waals surface area contributed by atoms with Crippen LogP contribution in [-0.4, -0.2) is 58.3 Å². The molecule has 1 aliphatic heterocycles. The van der Waals surface area contributed by atoms with Gasteiger partial charge in [0.15, 0.2) is 0 Å². The van der Waals surface area contributed by atoms with Crippen molar-refractivity contribution in [2.75, 3.05) is 48.7 Å². The quantitative estimate of drug-likeness (QED) is 0.747. The topological polar surface area (TPSA) is 79.0 Å². The summed E-state index contributed by atoms with van der Waals surface area (Å²) in [6, 6.07) is 14.6. The van der Waals surface area contributed by atoms with E-state index in [0.717, 1.165) is 34.8 Å². The van der Waals surface area contributed by atoms with Crippen molar-refractivity contribution < 1.29 is 17.9 Å². The Morgan fingerprint density at radius 2 is 1.76 bits per heavy atom. The van der Waals surface area contributed by atoms with Crippen molar-refractivity contribution in [2.45, 2.75) is 13.5 Å². The van der Waals surface area contributed by atoms with Gasteiger partial charge in [0.05, 0.1) is 25.2 Å². The summed E-state index contributed by atoms with van der Waals surface area (Å²) in [5.74, 6) is -0.384. The average Bonchev–Trinajstić information content (AvgIpc) is 2.68. The molecule has 0 radical (unpaired) electrons. The summed E-state index contributed by atoms with van der Waals surface area (Å²) < 4.78 is 31.0. The highest BCUT2D eigenvalue weighted by atomic mass is 32.2. The Morgan fingerprint density at radius 3 is 2.41 bits per heavy atom. The van der Waals surface area contributed by atoms with Crippen LogP contribution in [0.15, 0.2) is 48.5 Å². The van der Waals surface area contributed by atoms with E-state index >= 15 is 0 Å². The van der Waals surface area contributed by atoms with Gasteiger partial charge in [-0.2, -0.15) is 0 Å². The molecule has 2 aromatic carbocycles. The van der Waals surface area contributed by atoms with E-state index in [1.165, 1.54) is 0 Å². The Morgan fingerprint density at radius 1 is 1.10 bits per heavy atom. The Labute approximate surface area is 172 Å². The molecule has 3 rings (SSSR count). The average molecular weight is 418 g/mol. The number of para-hydroxylation sites is 1. The third-order valence-corrected chi connectivity index (χ3v) is 5.94. The molecule has 1 aliphatic rings. The molecular weight excluding hydrogens is 390 g/mol. The number of carbonyl (C=O) groups is 1. The lowest BCUT2D eigenvalue weighted by Gasteiger charge is -2.27. The summed E-state index contributed by atoms with van der Waals surface area (Å²) in [7, 11) is -3.60. The lowest BCUT2D eigenvalue weighted by Crippen LogP contribution is -2.38. The molecule has 1 heterocycles. The van der Waals surface area contributed by atoms with E-state index < -0.39 is 10.0 Å². The summed E-state index contributed by atoms with van der Waals surface area (Å²) in [6.07, 6.45) is 1.10. The third kappa shape index (κ3) is 6.03. The molecule has 0 bridgehead atoms. The standard InChI is InChI=1S/C21H27N3O4S/c1-17-7-9-19(10-8-17)24(29(2,26)27)16-21(25)22-20-6-4-3-5-18(20)15-23-11-13-28-14-12-23/h3-10H,11-16H2,1-2H3,(H,22,25). The Bertz CT molecular complexity index is 939. The van der Waals surface area contributed by atoms with E-state index in [4.69, 9.17) is 4.74 Å². The number of nitrogens with zero attached hydrogens (tertiary/aromatic N) is 2. The molecule has 1 amide bonds. The smallest absolute Gasteiger partial charge is 0.245 e. The van der Waals surface area contributed by atoms with E-state index in [0.29, 0.717) is 31.1 Å². The first-order valence-electron chi connectivity index (χ1n) is 9.55. The van der Waals surface area contributed by atoms with Crippen molar-refractivity contribution in [3.05, 3.63) is 59.7 Å². The van der Waals surface area contributed by atoms with Crippen LogP contribution < -0.4 is 9.62 Å². The number of nitrogens with one attached hydrogen (secondary N) is 1. The first-order chi connectivity index (χ1) is 13.8. The van der Waals surface area contributed by atoms with Crippen LogP contribution in [-0.2, 0) is 26.1 Å². The van der Waals surface area contributed by atoms with E-state index in [1.54, 1.807) is 12.1 Å². The highest BCUT2D eigenvalue weighted by Crippen LogP contribution is 2.20. The van der Waals surface area contributed by atoms with E-state index in [1.807, 2.05) is 43.3 Å². The molecule has 1 saturated heterocycles. The second-order valence-electron chi connectivity index (χ2n) is 7.20.